The van der Waals surface area contributed by atoms with Crippen molar-refractivity contribution < 1.29 is 14.6 Å². The number of allylic oxidation sites excluding steroid dienone is 5. The molecule has 0 aromatic carbocycles. The average molecular weight is 327 g/mol. The lowest BCUT2D eigenvalue weighted by Crippen LogP contribution is -2.32. The smallest absolute Gasteiger partial charge is 0.243 e. The molecule has 2 fully saturated rings. The highest BCUT2D eigenvalue weighted by molar-refractivity contribution is 5.87. The van der Waals surface area contributed by atoms with E-state index in [2.05, 4.69) is 36.5 Å². The van der Waals surface area contributed by atoms with Crippen molar-refractivity contribution in [2.24, 2.45) is 29.6 Å². The van der Waals surface area contributed by atoms with E-state index in [1.807, 2.05) is 18.2 Å². The van der Waals surface area contributed by atoms with Crippen molar-refractivity contribution in [2.45, 2.75) is 31.7 Å². The fourth-order valence-electron chi connectivity index (χ4n) is 4.71. The number of ether oxygens (including phenoxy) is 1. The van der Waals surface area contributed by atoms with Crippen molar-refractivity contribution in [1.29, 1.82) is 0 Å². The maximum Gasteiger partial charge on any atom is 0.243 e. The Bertz CT molecular complexity index is 620. The van der Waals surface area contributed by atoms with Gasteiger partial charge in [0.15, 0.2) is 0 Å². The minimum atomic E-state index is -0.383. The van der Waals surface area contributed by atoms with Gasteiger partial charge in [-0.1, -0.05) is 49.5 Å². The van der Waals surface area contributed by atoms with Crippen molar-refractivity contribution in [3.8, 4) is 0 Å². The van der Waals surface area contributed by atoms with Gasteiger partial charge < -0.3 is 15.2 Å². The third-order valence-corrected chi connectivity index (χ3v) is 5.85. The summed E-state index contributed by atoms with van der Waals surface area (Å²) in [4.78, 5) is 12.0. The minimum Gasteiger partial charge on any atom is -0.390 e. The number of carbonyl (C=O) groups is 1. The van der Waals surface area contributed by atoms with Gasteiger partial charge in [-0.05, 0) is 24.3 Å². The summed E-state index contributed by atoms with van der Waals surface area (Å²) in [6, 6.07) is 0. The van der Waals surface area contributed by atoms with E-state index in [4.69, 9.17) is 4.74 Å². The van der Waals surface area contributed by atoms with Crippen molar-refractivity contribution in [3.63, 3.8) is 0 Å². The summed E-state index contributed by atoms with van der Waals surface area (Å²) in [6.07, 6.45) is 16.6. The number of carbonyl (C=O) groups excluding carboxylic acids is 1. The summed E-state index contributed by atoms with van der Waals surface area (Å²) in [5.41, 5.74) is 0. The molecule has 2 N–H and O–H groups in total. The second-order valence-corrected chi connectivity index (χ2v) is 7.50. The summed E-state index contributed by atoms with van der Waals surface area (Å²) < 4.78 is 6.23. The third-order valence-electron chi connectivity index (χ3n) is 5.85. The Balaban J connectivity index is 1.68. The van der Waals surface area contributed by atoms with Crippen molar-refractivity contribution in [2.75, 3.05) is 6.54 Å². The zero-order chi connectivity index (χ0) is 16.7. The van der Waals surface area contributed by atoms with E-state index in [0.29, 0.717) is 18.4 Å². The highest BCUT2D eigenvalue weighted by Gasteiger charge is 2.56. The van der Waals surface area contributed by atoms with Crippen molar-refractivity contribution in [3.05, 3.63) is 48.6 Å². The van der Waals surface area contributed by atoms with Crippen LogP contribution in [0, 0.1) is 29.6 Å². The molecule has 128 valence electrons. The number of aliphatic hydroxyl groups excluding tert-OH is 1. The highest BCUT2D eigenvalue weighted by atomic mass is 16.5. The Labute approximate surface area is 143 Å². The van der Waals surface area contributed by atoms with Crippen LogP contribution in [-0.4, -0.2) is 35.9 Å². The fourth-order valence-corrected chi connectivity index (χ4v) is 4.71. The van der Waals surface area contributed by atoms with Gasteiger partial charge in [-0.15, -0.1) is 0 Å². The molecule has 0 spiro atoms. The SMILES string of the molecule is C[C@H]1/C=C/C=C/[C@H]2O[C@@H]3[C@H]4[C@@H]2[C@H](C=C[C@@H]4C[C@H]3O)/C=C/C(=O)NC1. The van der Waals surface area contributed by atoms with Crippen LogP contribution in [0.25, 0.3) is 0 Å². The summed E-state index contributed by atoms with van der Waals surface area (Å²) in [5, 5.41) is 13.3. The molecule has 0 unspecified atom stereocenters. The topological polar surface area (TPSA) is 58.6 Å². The van der Waals surface area contributed by atoms with E-state index in [0.717, 1.165) is 6.42 Å². The van der Waals surface area contributed by atoms with Crippen molar-refractivity contribution in [1.82, 2.24) is 5.32 Å². The zero-order valence-corrected chi connectivity index (χ0v) is 13.9. The van der Waals surface area contributed by atoms with Crippen LogP contribution in [0.4, 0.5) is 0 Å². The van der Waals surface area contributed by atoms with Gasteiger partial charge in [0.05, 0.1) is 18.3 Å². The summed E-state index contributed by atoms with van der Waals surface area (Å²) >= 11 is 0. The summed E-state index contributed by atoms with van der Waals surface area (Å²) in [6.45, 7) is 2.71. The van der Waals surface area contributed by atoms with Gasteiger partial charge in [0.1, 0.15) is 0 Å². The first-order valence-electron chi connectivity index (χ1n) is 8.96. The van der Waals surface area contributed by atoms with Crippen LogP contribution >= 0.6 is 0 Å². The Hall–Kier alpha value is -1.65. The molecule has 4 rings (SSSR count). The second-order valence-electron chi connectivity index (χ2n) is 7.50. The standard InChI is InChI=1S/C20H25NO3/c1-12-4-2-3-5-16-18-13(8-9-17(23)21-11-12)6-7-14-10-15(22)20(24-16)19(14)18/h2-9,12-16,18-20,22H,10-11H2,1H3,(H,21,23)/b4-2+,5-3+,9-8+/t12-,13+,14+,15+,16+,18+,19+,20-/m0/s1. The van der Waals surface area contributed by atoms with Gasteiger partial charge in [-0.2, -0.15) is 0 Å². The van der Waals surface area contributed by atoms with Gasteiger partial charge >= 0.3 is 0 Å². The fraction of sp³-hybridized carbons (Fsp3) is 0.550. The second kappa shape index (κ2) is 6.34. The van der Waals surface area contributed by atoms with Gasteiger partial charge in [0.2, 0.25) is 5.91 Å². The number of rotatable bonds is 0. The normalized spacial score (nSPS) is 50.8. The van der Waals surface area contributed by atoms with Crippen LogP contribution in [0.2, 0.25) is 0 Å². The lowest BCUT2D eigenvalue weighted by Gasteiger charge is -2.32. The van der Waals surface area contributed by atoms with E-state index < -0.39 is 0 Å². The average Bonchev–Trinajstić information content (AvgIpc) is 3.10. The van der Waals surface area contributed by atoms with E-state index in [1.54, 1.807) is 6.08 Å². The molecule has 1 amide bonds. The van der Waals surface area contributed by atoms with Crippen LogP contribution in [0.15, 0.2) is 48.6 Å². The van der Waals surface area contributed by atoms with Crippen LogP contribution in [0.1, 0.15) is 13.3 Å². The van der Waals surface area contributed by atoms with Crippen LogP contribution < -0.4 is 5.32 Å². The van der Waals surface area contributed by atoms with Crippen LogP contribution in [0.5, 0.6) is 0 Å². The number of aliphatic hydroxyl groups is 1. The number of hydrogen-bond donors (Lipinski definition) is 2. The van der Waals surface area contributed by atoms with Gasteiger partial charge in [0.25, 0.3) is 0 Å². The van der Waals surface area contributed by atoms with Gasteiger partial charge in [0, 0.05) is 24.3 Å². The Kier molecular flexibility index (Phi) is 4.19. The largest absolute Gasteiger partial charge is 0.390 e. The molecular weight excluding hydrogens is 302 g/mol. The zero-order valence-electron chi connectivity index (χ0n) is 13.9. The Morgan fingerprint density at radius 3 is 2.83 bits per heavy atom. The van der Waals surface area contributed by atoms with E-state index >= 15 is 0 Å². The lowest BCUT2D eigenvalue weighted by molar-refractivity contribution is -0.116. The monoisotopic (exact) mass is 327 g/mol. The van der Waals surface area contributed by atoms with Gasteiger partial charge in [-0.3, -0.25) is 4.79 Å². The molecule has 4 nitrogen and oxygen atoms in total. The lowest BCUT2D eigenvalue weighted by atomic mass is 9.70. The first-order chi connectivity index (χ1) is 11.6. The molecule has 0 aromatic heterocycles. The minimum absolute atomic E-state index is 0.0131. The van der Waals surface area contributed by atoms with E-state index in [9.17, 15) is 9.90 Å². The molecule has 0 bridgehead atoms. The number of nitrogens with one attached hydrogen (secondary N) is 1. The molecule has 8 atom stereocenters. The third kappa shape index (κ3) is 2.78. The first kappa shape index (κ1) is 15.9. The molecule has 2 heterocycles. The maximum absolute atomic E-state index is 12.0. The van der Waals surface area contributed by atoms with E-state index in [1.165, 1.54) is 0 Å². The van der Waals surface area contributed by atoms with Crippen molar-refractivity contribution >= 4 is 5.91 Å². The highest BCUT2D eigenvalue weighted by Crippen LogP contribution is 2.53. The molecule has 1 saturated carbocycles. The summed E-state index contributed by atoms with van der Waals surface area (Å²) in [7, 11) is 0. The molecule has 4 heteroatoms. The molecule has 0 aromatic rings. The summed E-state index contributed by atoms with van der Waals surface area (Å²) in [5.74, 6) is 1.42. The first-order valence-corrected chi connectivity index (χ1v) is 8.96. The number of hydrogen-bond acceptors (Lipinski definition) is 3. The molecule has 0 radical (unpaired) electrons. The molecular formula is C20H25NO3. The molecule has 2 aliphatic heterocycles. The Morgan fingerprint density at radius 2 is 1.96 bits per heavy atom. The van der Waals surface area contributed by atoms with E-state index in [-0.39, 0.29) is 42.0 Å². The van der Waals surface area contributed by atoms with Gasteiger partial charge in [-0.25, -0.2) is 0 Å². The van der Waals surface area contributed by atoms with Crippen LogP contribution in [-0.2, 0) is 9.53 Å². The van der Waals surface area contributed by atoms with Crippen LogP contribution in [0.3, 0.4) is 0 Å². The number of amides is 1. The molecule has 24 heavy (non-hydrogen) atoms. The molecule has 1 saturated heterocycles. The Morgan fingerprint density at radius 1 is 1.12 bits per heavy atom. The quantitative estimate of drug-likeness (QED) is 0.669. The maximum atomic E-state index is 12.0. The predicted octanol–water partition coefficient (Wildman–Crippen LogP) is 1.99. The molecule has 4 aliphatic rings. The predicted molar refractivity (Wildman–Crippen MR) is 92.0 cm³/mol. The molecule has 2 aliphatic carbocycles.